The zero-order valence-electron chi connectivity index (χ0n) is 46.2. The van der Waals surface area contributed by atoms with Crippen LogP contribution in [0.1, 0.15) is 86.8 Å². The molecule has 0 N–H and O–H groups in total. The fourth-order valence-electron chi connectivity index (χ4n) is 11.2. The summed E-state index contributed by atoms with van der Waals surface area (Å²) in [5.41, 5.74) is 18.9. The molecule has 0 bridgehead atoms. The van der Waals surface area contributed by atoms with Crippen molar-refractivity contribution >= 4 is 32.8 Å². The van der Waals surface area contributed by atoms with E-state index in [0.717, 1.165) is 95.2 Å². The summed E-state index contributed by atoms with van der Waals surface area (Å²) < 4.78 is 41.2. The number of ether oxygens (including phenoxy) is 1. The quantitative estimate of drug-likeness (QED) is 0.149. The summed E-state index contributed by atoms with van der Waals surface area (Å²) in [6.07, 6.45) is 3.21. The van der Waals surface area contributed by atoms with Crippen LogP contribution in [0.2, 0.25) is 0 Å². The molecule has 0 saturated heterocycles. The molecule has 74 heavy (non-hydrogen) atoms. The summed E-state index contributed by atoms with van der Waals surface area (Å²) >= 11 is 2.52. The van der Waals surface area contributed by atoms with E-state index in [1.165, 1.54) is 27.8 Å². The molecule has 0 aliphatic heterocycles. The average molecular weight is 1150 g/mol. The number of fused-ring (bicyclic) bond motifs is 5. The number of aryl methyl sites for hydroxylation is 2. The van der Waals surface area contributed by atoms with Crippen LogP contribution >= 0.6 is 0 Å². The molecule has 0 saturated carbocycles. The average Bonchev–Trinajstić information content (AvgIpc) is 4.14. The molecule has 0 radical (unpaired) electrons. The Balaban J connectivity index is 1.01. The molecule has 4 nitrogen and oxygen atoms in total. The molecule has 1 aliphatic carbocycles. The molecule has 0 fully saturated rings. The second-order valence-corrected chi connectivity index (χ2v) is 23.5. The Hall–Kier alpha value is -7.26. The number of aromatic nitrogens is 3. The number of imidazole rings is 1. The fraction of sp³-hybridized carbons (Fsp3) is 0.203. The minimum Gasteiger partial charge on any atom is -0.0622 e. The Bertz CT molecular complexity index is 4120. The van der Waals surface area contributed by atoms with Gasteiger partial charge in [-0.15, -0.1) is 0 Å². The van der Waals surface area contributed by atoms with Gasteiger partial charge in [0.15, 0.2) is 0 Å². The van der Waals surface area contributed by atoms with Crippen molar-refractivity contribution in [3.8, 4) is 61.9 Å². The van der Waals surface area contributed by atoms with Crippen LogP contribution in [0.15, 0.2) is 194 Å². The number of rotatable bonds is 8. The molecule has 1 aliphatic rings. The van der Waals surface area contributed by atoms with Gasteiger partial charge in [-0.2, -0.15) is 0 Å². The van der Waals surface area contributed by atoms with Crippen molar-refractivity contribution in [3.05, 3.63) is 226 Å². The van der Waals surface area contributed by atoms with E-state index in [9.17, 15) is 0 Å². The second kappa shape index (κ2) is 18.6. The molecule has 9 aromatic carbocycles. The van der Waals surface area contributed by atoms with Gasteiger partial charge in [0.1, 0.15) is 0 Å². The van der Waals surface area contributed by atoms with Crippen LogP contribution < -0.4 is 4.74 Å². The summed E-state index contributed by atoms with van der Waals surface area (Å²) in [5.74, 6) is 2.00. The maximum atomic E-state index is 8.74. The van der Waals surface area contributed by atoms with E-state index in [0.29, 0.717) is 28.5 Å². The number of hydrogen-bond donors (Lipinski definition) is 0. The topological polar surface area (TPSA) is 24.0 Å². The fourth-order valence-corrected chi connectivity index (χ4v) is 12.3. The van der Waals surface area contributed by atoms with Crippen molar-refractivity contribution in [3.63, 3.8) is 0 Å². The Morgan fingerprint density at radius 3 is 1.78 bits per heavy atom. The molecule has 370 valence electrons. The smallest absolute Gasteiger partial charge is 0.0622 e. The summed E-state index contributed by atoms with van der Waals surface area (Å²) in [7, 11) is 0. The SMILES string of the molecule is [2H]C([2H])([2H])c1cc(-n2c3cc(Oc4cccc(-n5[c](=[Pt])n(-c6c(-c7ccccc7)cccc6-c6cc(C(C)(C)C)cc(C(C)(C)C)c6)c6ccccc65)c4)ccc3c3cc4c(cc32)CCC(C)C4)ccc1-c1ccccc1. The summed E-state index contributed by atoms with van der Waals surface area (Å²) in [6.45, 7) is 13.8. The van der Waals surface area contributed by atoms with Crippen molar-refractivity contribution in [1.29, 1.82) is 0 Å². The van der Waals surface area contributed by atoms with Crippen LogP contribution in [-0.2, 0) is 43.0 Å². The zero-order valence-corrected chi connectivity index (χ0v) is 45.5. The molecule has 5 heteroatoms. The van der Waals surface area contributed by atoms with Crippen LogP contribution in [0.3, 0.4) is 0 Å². The molecule has 1 unspecified atom stereocenters. The molecular weight excluding hydrogens is 1080 g/mol. The maximum absolute atomic E-state index is 8.74. The predicted octanol–water partition coefficient (Wildman–Crippen LogP) is 18.4. The summed E-state index contributed by atoms with van der Waals surface area (Å²) in [6, 6.07) is 68.6. The second-order valence-electron chi connectivity index (χ2n) is 22.5. The van der Waals surface area contributed by atoms with E-state index in [1.807, 2.05) is 48.5 Å². The van der Waals surface area contributed by atoms with Gasteiger partial charge in [0, 0.05) is 4.11 Å². The third kappa shape index (κ3) is 8.61. The normalized spacial score (nSPS) is 14.8. The molecule has 0 amide bonds. The predicted molar refractivity (Wildman–Crippen MR) is 306 cm³/mol. The van der Waals surface area contributed by atoms with Crippen molar-refractivity contribution in [2.75, 3.05) is 0 Å². The number of benzene rings is 9. The van der Waals surface area contributed by atoms with E-state index in [1.54, 1.807) is 0 Å². The monoisotopic (exact) mass is 1150 g/mol. The number of nitrogens with zero attached hydrogens (tertiary/aromatic N) is 3. The first-order chi connectivity index (χ1) is 36.9. The van der Waals surface area contributed by atoms with E-state index < -0.39 is 6.85 Å². The van der Waals surface area contributed by atoms with Crippen LogP contribution in [0.4, 0.5) is 0 Å². The van der Waals surface area contributed by atoms with E-state index in [4.69, 9.17) is 8.85 Å². The van der Waals surface area contributed by atoms with Gasteiger partial charge < -0.3 is 0 Å². The third-order valence-electron chi connectivity index (χ3n) is 15.2. The van der Waals surface area contributed by atoms with Gasteiger partial charge in [0.05, 0.1) is 0 Å². The standard InChI is InChI=1S/C69H63N3O.Pt/c1-45-29-30-49-40-65-62(39-50(49)35-45)61-34-32-57(43-66(61)72(65)55-31-33-58(46(2)36-55)47-19-11-9-12-20-47)73-56-24-17-23-54(42-56)70-44-71(64-28-16-15-27-63(64)70)67-59(48-21-13-10-14-22-48)25-18-26-60(67)51-37-52(68(3,4)5)41-53(38-51)69(6,7)8;/h9-28,31-34,36-43,45H,29-30,35H2,1-8H3;/i2D3;. The van der Waals surface area contributed by atoms with Crippen LogP contribution in [0.5, 0.6) is 11.5 Å². The Labute approximate surface area is 451 Å². The van der Waals surface area contributed by atoms with Crippen molar-refractivity contribution in [2.24, 2.45) is 5.92 Å². The van der Waals surface area contributed by atoms with Crippen molar-refractivity contribution in [1.82, 2.24) is 13.7 Å². The van der Waals surface area contributed by atoms with E-state index in [2.05, 4.69) is 227 Å². The first-order valence-corrected chi connectivity index (χ1v) is 27.1. The van der Waals surface area contributed by atoms with Gasteiger partial charge in [-0.1, -0.05) is 43.3 Å². The van der Waals surface area contributed by atoms with Gasteiger partial charge in [0.2, 0.25) is 0 Å². The molecule has 0 spiro atoms. The Morgan fingerprint density at radius 1 is 0.486 bits per heavy atom. The van der Waals surface area contributed by atoms with E-state index >= 15 is 0 Å². The van der Waals surface area contributed by atoms with Crippen LogP contribution in [0, 0.1) is 16.6 Å². The minimum atomic E-state index is -2.33. The van der Waals surface area contributed by atoms with Gasteiger partial charge in [0.25, 0.3) is 0 Å². The van der Waals surface area contributed by atoms with Gasteiger partial charge >= 0.3 is 346 Å². The van der Waals surface area contributed by atoms with Crippen molar-refractivity contribution < 1.29 is 28.2 Å². The van der Waals surface area contributed by atoms with Crippen molar-refractivity contribution in [2.45, 2.75) is 85.4 Å². The van der Waals surface area contributed by atoms with Gasteiger partial charge in [-0.05, 0) is 59.8 Å². The van der Waals surface area contributed by atoms with Gasteiger partial charge in [-0.3, -0.25) is 0 Å². The summed E-state index contributed by atoms with van der Waals surface area (Å²) in [5, 5.41) is 2.25. The zero-order chi connectivity index (χ0) is 53.5. The molecule has 12 rings (SSSR count). The molecule has 2 aromatic heterocycles. The molecule has 11 aromatic rings. The first kappa shape index (κ1) is 44.2. The van der Waals surface area contributed by atoms with Crippen LogP contribution in [-0.4, -0.2) is 13.7 Å². The van der Waals surface area contributed by atoms with E-state index in [-0.39, 0.29) is 10.8 Å². The third-order valence-corrected chi connectivity index (χ3v) is 16.2. The minimum absolute atomic E-state index is 0.0545. The molecular formula is C69H63N3OPt. The number of para-hydroxylation sites is 3. The Kier molecular flexibility index (Phi) is 11.1. The first-order valence-electron chi connectivity index (χ1n) is 27.5. The molecule has 1 atom stereocenters. The number of hydrogen-bond acceptors (Lipinski definition) is 1. The molecule has 2 heterocycles. The van der Waals surface area contributed by atoms with Gasteiger partial charge in [-0.25, -0.2) is 0 Å². The Morgan fingerprint density at radius 2 is 1.09 bits per heavy atom. The van der Waals surface area contributed by atoms with Crippen LogP contribution in [0.25, 0.3) is 83.3 Å². The summed E-state index contributed by atoms with van der Waals surface area (Å²) in [4.78, 5) is 0.